The Labute approximate surface area is 219 Å². The van der Waals surface area contributed by atoms with Crippen LogP contribution in [-0.2, 0) is 11.3 Å². The van der Waals surface area contributed by atoms with E-state index in [2.05, 4.69) is 25.9 Å². The first-order chi connectivity index (χ1) is 17.9. The maximum atomic E-state index is 12.7. The van der Waals surface area contributed by atoms with E-state index in [9.17, 15) is 9.59 Å². The van der Waals surface area contributed by atoms with Crippen LogP contribution in [0.1, 0.15) is 15.2 Å². The summed E-state index contributed by atoms with van der Waals surface area (Å²) in [4.78, 5) is 36.7. The van der Waals surface area contributed by atoms with E-state index in [1.165, 1.54) is 11.3 Å². The van der Waals surface area contributed by atoms with E-state index in [0.717, 1.165) is 21.9 Å². The summed E-state index contributed by atoms with van der Waals surface area (Å²) in [5.74, 6) is 0.954. The monoisotopic (exact) mass is 516 g/mol. The van der Waals surface area contributed by atoms with Crippen LogP contribution < -0.4 is 20.7 Å². The number of methoxy groups -OCH3 is 1. The van der Waals surface area contributed by atoms with Gasteiger partial charge in [0.15, 0.2) is 0 Å². The Morgan fingerprint density at radius 1 is 1.00 bits per heavy atom. The van der Waals surface area contributed by atoms with Gasteiger partial charge in [-0.3, -0.25) is 9.59 Å². The van der Waals surface area contributed by atoms with Crippen LogP contribution in [0.5, 0.6) is 5.75 Å². The van der Waals surface area contributed by atoms with Crippen LogP contribution in [0, 0.1) is 0 Å². The van der Waals surface area contributed by atoms with Crippen molar-refractivity contribution in [3.05, 3.63) is 83.4 Å². The molecule has 0 aliphatic carbocycles. The van der Waals surface area contributed by atoms with Gasteiger partial charge < -0.3 is 25.6 Å². The number of anilines is 3. The standard InChI is InChI=1S/C27H28N6O3S/c1-33(2)17-25(34)30-19-7-9-20(10-8-19)31-27-28-14-13-22(32-27)23-11-12-24(37-23)26(35)29-16-18-5-4-6-21(15-18)36-3/h4-15H,16-17H2,1-3H3,(H,29,35)(H,30,34)(H,28,31,32). The van der Waals surface area contributed by atoms with Crippen LogP contribution in [0.2, 0.25) is 0 Å². The molecular formula is C27H28N6O3S. The largest absolute Gasteiger partial charge is 0.497 e. The number of hydrogen-bond donors (Lipinski definition) is 3. The van der Waals surface area contributed by atoms with E-state index < -0.39 is 0 Å². The van der Waals surface area contributed by atoms with E-state index in [-0.39, 0.29) is 11.8 Å². The molecular weight excluding hydrogens is 488 g/mol. The summed E-state index contributed by atoms with van der Waals surface area (Å²) < 4.78 is 5.23. The Morgan fingerprint density at radius 3 is 2.54 bits per heavy atom. The molecule has 0 radical (unpaired) electrons. The van der Waals surface area contributed by atoms with E-state index in [1.54, 1.807) is 30.3 Å². The van der Waals surface area contributed by atoms with Crippen LogP contribution in [0.15, 0.2) is 72.9 Å². The summed E-state index contributed by atoms with van der Waals surface area (Å²) in [7, 11) is 5.30. The van der Waals surface area contributed by atoms with Crippen LogP contribution in [0.3, 0.4) is 0 Å². The molecule has 0 bridgehead atoms. The highest BCUT2D eigenvalue weighted by molar-refractivity contribution is 7.17. The third kappa shape index (κ3) is 7.35. The SMILES string of the molecule is COc1cccc(CNC(=O)c2ccc(-c3ccnc(Nc4ccc(NC(=O)CN(C)C)cc4)n3)s2)c1. The smallest absolute Gasteiger partial charge is 0.261 e. The first-order valence-corrected chi connectivity index (χ1v) is 12.4. The first kappa shape index (κ1) is 25.8. The fourth-order valence-corrected chi connectivity index (χ4v) is 4.35. The lowest BCUT2D eigenvalue weighted by Crippen LogP contribution is -2.27. The molecule has 0 fully saturated rings. The number of rotatable bonds is 10. The Balaban J connectivity index is 1.37. The van der Waals surface area contributed by atoms with E-state index >= 15 is 0 Å². The second-order valence-corrected chi connectivity index (χ2v) is 9.54. The van der Waals surface area contributed by atoms with Gasteiger partial charge >= 0.3 is 0 Å². The van der Waals surface area contributed by atoms with Gasteiger partial charge in [-0.05, 0) is 74.3 Å². The van der Waals surface area contributed by atoms with E-state index in [0.29, 0.717) is 35.3 Å². The molecule has 3 N–H and O–H groups in total. The molecule has 0 atom stereocenters. The van der Waals surface area contributed by atoms with Gasteiger partial charge in [0.25, 0.3) is 5.91 Å². The maximum absolute atomic E-state index is 12.7. The molecule has 0 saturated carbocycles. The minimum Gasteiger partial charge on any atom is -0.497 e. The number of nitrogens with one attached hydrogen (secondary N) is 3. The molecule has 2 aromatic heterocycles. The quantitative estimate of drug-likeness (QED) is 0.287. The molecule has 0 aliphatic rings. The highest BCUT2D eigenvalue weighted by Gasteiger charge is 2.12. The first-order valence-electron chi connectivity index (χ1n) is 11.6. The number of nitrogens with zero attached hydrogens (tertiary/aromatic N) is 3. The molecule has 2 amide bonds. The second-order valence-electron chi connectivity index (χ2n) is 8.45. The number of likely N-dealkylation sites (N-methyl/N-ethyl adjacent to an activating group) is 1. The predicted octanol–water partition coefficient (Wildman–Crippen LogP) is 4.39. The Bertz CT molecular complexity index is 1370. The van der Waals surface area contributed by atoms with Crippen LogP contribution in [0.25, 0.3) is 10.6 Å². The summed E-state index contributed by atoms with van der Waals surface area (Å²) in [5, 5.41) is 8.97. The number of carbonyl (C=O) groups is 2. The van der Waals surface area contributed by atoms with Crippen molar-refractivity contribution in [2.75, 3.05) is 38.4 Å². The van der Waals surface area contributed by atoms with Crippen molar-refractivity contribution < 1.29 is 14.3 Å². The third-order valence-electron chi connectivity index (χ3n) is 5.21. The Kier molecular flexibility index (Phi) is 8.44. The van der Waals surface area contributed by atoms with Crippen molar-refractivity contribution in [1.82, 2.24) is 20.2 Å². The zero-order valence-corrected chi connectivity index (χ0v) is 21.6. The third-order valence-corrected chi connectivity index (χ3v) is 6.32. The molecule has 2 heterocycles. The number of benzene rings is 2. The van der Waals surface area contributed by atoms with Crippen molar-refractivity contribution in [2.24, 2.45) is 0 Å². The zero-order valence-electron chi connectivity index (χ0n) is 20.8. The molecule has 0 aliphatic heterocycles. The fourth-order valence-electron chi connectivity index (χ4n) is 3.46. The van der Waals surface area contributed by atoms with Crippen molar-refractivity contribution in [3.63, 3.8) is 0 Å². The fraction of sp³-hybridized carbons (Fsp3) is 0.185. The summed E-state index contributed by atoms with van der Waals surface area (Å²) in [6, 6.07) is 20.4. The predicted molar refractivity (Wildman–Crippen MR) is 146 cm³/mol. The highest BCUT2D eigenvalue weighted by atomic mass is 32.1. The topological polar surface area (TPSA) is 108 Å². The van der Waals surface area contributed by atoms with Crippen LogP contribution >= 0.6 is 11.3 Å². The van der Waals surface area contributed by atoms with Crippen molar-refractivity contribution in [1.29, 1.82) is 0 Å². The molecule has 10 heteroatoms. The summed E-state index contributed by atoms with van der Waals surface area (Å²) in [6.07, 6.45) is 1.67. The lowest BCUT2D eigenvalue weighted by atomic mass is 10.2. The van der Waals surface area contributed by atoms with Gasteiger partial charge in [0, 0.05) is 24.1 Å². The summed E-state index contributed by atoms with van der Waals surface area (Å²) >= 11 is 1.37. The number of amides is 2. The van der Waals surface area contributed by atoms with Crippen molar-refractivity contribution in [3.8, 4) is 16.3 Å². The zero-order chi connectivity index (χ0) is 26.2. The van der Waals surface area contributed by atoms with Crippen LogP contribution in [0.4, 0.5) is 17.3 Å². The average molecular weight is 517 g/mol. The number of thiophene rings is 1. The molecule has 0 unspecified atom stereocenters. The minimum atomic E-state index is -0.149. The molecule has 37 heavy (non-hydrogen) atoms. The number of carbonyl (C=O) groups excluding carboxylic acids is 2. The molecule has 0 saturated heterocycles. The molecule has 4 aromatic rings. The highest BCUT2D eigenvalue weighted by Crippen LogP contribution is 2.28. The molecule has 4 rings (SSSR count). The van der Waals surface area contributed by atoms with Gasteiger partial charge in [-0.25, -0.2) is 9.97 Å². The van der Waals surface area contributed by atoms with Gasteiger partial charge in [0.05, 0.1) is 29.1 Å². The number of ether oxygens (including phenoxy) is 1. The molecule has 9 nitrogen and oxygen atoms in total. The lowest BCUT2D eigenvalue weighted by molar-refractivity contribution is -0.116. The second kappa shape index (κ2) is 12.1. The van der Waals surface area contributed by atoms with E-state index in [4.69, 9.17) is 4.74 Å². The number of hydrogen-bond acceptors (Lipinski definition) is 8. The molecule has 2 aromatic carbocycles. The maximum Gasteiger partial charge on any atom is 0.261 e. The van der Waals surface area contributed by atoms with Crippen molar-refractivity contribution >= 4 is 40.5 Å². The van der Waals surface area contributed by atoms with Crippen LogP contribution in [-0.4, -0.2) is 54.4 Å². The van der Waals surface area contributed by atoms with Crippen molar-refractivity contribution in [2.45, 2.75) is 6.54 Å². The normalized spacial score (nSPS) is 10.7. The molecule has 190 valence electrons. The van der Waals surface area contributed by atoms with E-state index in [1.807, 2.05) is 68.7 Å². The Hall–Kier alpha value is -4.28. The summed E-state index contributed by atoms with van der Waals surface area (Å²) in [5.41, 5.74) is 3.16. The minimum absolute atomic E-state index is 0.0777. The Morgan fingerprint density at radius 2 is 1.78 bits per heavy atom. The lowest BCUT2D eigenvalue weighted by Gasteiger charge is -2.11. The van der Waals surface area contributed by atoms with Gasteiger partial charge in [-0.1, -0.05) is 12.1 Å². The number of aromatic nitrogens is 2. The van der Waals surface area contributed by atoms with Gasteiger partial charge in [-0.2, -0.15) is 0 Å². The van der Waals surface area contributed by atoms with Gasteiger partial charge in [-0.15, -0.1) is 11.3 Å². The van der Waals surface area contributed by atoms with Gasteiger partial charge in [0.2, 0.25) is 11.9 Å². The summed E-state index contributed by atoms with van der Waals surface area (Å²) in [6.45, 7) is 0.720. The average Bonchev–Trinajstić information content (AvgIpc) is 3.39. The van der Waals surface area contributed by atoms with Gasteiger partial charge in [0.1, 0.15) is 5.75 Å². The molecule has 0 spiro atoms.